The van der Waals surface area contributed by atoms with E-state index in [-0.39, 0.29) is 12.4 Å². The minimum absolute atomic E-state index is 0. The summed E-state index contributed by atoms with van der Waals surface area (Å²) in [5, 5.41) is 4.25. The molecule has 4 rings (SSSR count). The Labute approximate surface area is 202 Å². The van der Waals surface area contributed by atoms with E-state index >= 15 is 0 Å². The molecule has 0 aliphatic carbocycles. The molecule has 2 heterocycles. The van der Waals surface area contributed by atoms with Crippen LogP contribution in [-0.4, -0.2) is 49.3 Å². The Morgan fingerprint density at radius 1 is 1.00 bits per heavy atom. The van der Waals surface area contributed by atoms with Crippen molar-refractivity contribution in [1.29, 1.82) is 0 Å². The minimum Gasteiger partial charge on any atom is -0.383 e. The lowest BCUT2D eigenvalue weighted by molar-refractivity contribution is 0.210. The summed E-state index contributed by atoms with van der Waals surface area (Å²) >= 11 is 3.59. The van der Waals surface area contributed by atoms with E-state index in [9.17, 15) is 0 Å². The summed E-state index contributed by atoms with van der Waals surface area (Å²) in [7, 11) is 5.75. The minimum atomic E-state index is 0. The molecule has 2 aromatic carbocycles. The van der Waals surface area contributed by atoms with Gasteiger partial charge in [0.05, 0.1) is 17.7 Å². The van der Waals surface area contributed by atoms with Gasteiger partial charge in [-0.15, -0.1) is 12.4 Å². The summed E-state index contributed by atoms with van der Waals surface area (Å²) < 4.78 is 6.19. The quantitative estimate of drug-likeness (QED) is 0.321. The smallest absolute Gasteiger partial charge is 0.165 e. The molecular formula is C24H25BrClN5O. The molecule has 32 heavy (non-hydrogen) atoms. The van der Waals surface area contributed by atoms with Gasteiger partial charge in [0.2, 0.25) is 0 Å². The largest absolute Gasteiger partial charge is 0.383 e. The maximum Gasteiger partial charge on any atom is 0.165 e. The first kappa shape index (κ1) is 23.9. The maximum absolute atomic E-state index is 5.18. The summed E-state index contributed by atoms with van der Waals surface area (Å²) in [6, 6.07) is 18.7. The van der Waals surface area contributed by atoms with Crippen molar-refractivity contribution < 1.29 is 4.74 Å². The van der Waals surface area contributed by atoms with Gasteiger partial charge in [-0.25, -0.2) is 15.0 Å². The van der Waals surface area contributed by atoms with Crippen LogP contribution in [0.2, 0.25) is 0 Å². The van der Waals surface area contributed by atoms with E-state index in [2.05, 4.69) is 78.6 Å². The summed E-state index contributed by atoms with van der Waals surface area (Å²) in [6.07, 6.45) is 1.55. The fourth-order valence-corrected chi connectivity index (χ4v) is 3.83. The fourth-order valence-electron chi connectivity index (χ4n) is 3.43. The van der Waals surface area contributed by atoms with Gasteiger partial charge in [-0.1, -0.05) is 40.2 Å². The SMILES string of the molecule is COCCNc1ncnc2nc(-c3ccc(N(C)C)cc3)cc(-c3cccc(Br)c3)c12.Cl. The number of rotatable bonds is 7. The number of aromatic nitrogens is 3. The molecule has 1 N–H and O–H groups in total. The number of halogens is 2. The second-order valence-electron chi connectivity index (χ2n) is 7.35. The summed E-state index contributed by atoms with van der Waals surface area (Å²) in [5.41, 5.74) is 5.80. The first-order valence-electron chi connectivity index (χ1n) is 9.99. The lowest BCUT2D eigenvalue weighted by Crippen LogP contribution is -2.10. The molecule has 0 saturated carbocycles. The zero-order chi connectivity index (χ0) is 21.8. The van der Waals surface area contributed by atoms with Gasteiger partial charge in [0, 0.05) is 43.5 Å². The molecule has 0 aliphatic rings. The number of benzene rings is 2. The highest BCUT2D eigenvalue weighted by atomic mass is 79.9. The van der Waals surface area contributed by atoms with Crippen LogP contribution in [0.3, 0.4) is 0 Å². The summed E-state index contributed by atoms with van der Waals surface area (Å²) in [6.45, 7) is 1.23. The van der Waals surface area contributed by atoms with Crippen molar-refractivity contribution in [3.05, 3.63) is 65.4 Å². The third-order valence-electron chi connectivity index (χ3n) is 5.02. The topological polar surface area (TPSA) is 63.2 Å². The summed E-state index contributed by atoms with van der Waals surface area (Å²) in [5.74, 6) is 0.749. The van der Waals surface area contributed by atoms with E-state index in [4.69, 9.17) is 9.72 Å². The zero-order valence-corrected chi connectivity index (χ0v) is 20.6. The van der Waals surface area contributed by atoms with Crippen LogP contribution < -0.4 is 10.2 Å². The van der Waals surface area contributed by atoms with Crippen LogP contribution in [0.1, 0.15) is 0 Å². The van der Waals surface area contributed by atoms with Crippen molar-refractivity contribution in [1.82, 2.24) is 15.0 Å². The number of methoxy groups -OCH3 is 1. The number of nitrogens with zero attached hydrogens (tertiary/aromatic N) is 4. The van der Waals surface area contributed by atoms with E-state index in [0.717, 1.165) is 43.7 Å². The van der Waals surface area contributed by atoms with Crippen molar-refractivity contribution in [3.63, 3.8) is 0 Å². The molecule has 0 radical (unpaired) electrons. The maximum atomic E-state index is 5.18. The Morgan fingerprint density at radius 3 is 2.47 bits per heavy atom. The van der Waals surface area contributed by atoms with Crippen LogP contribution >= 0.6 is 28.3 Å². The molecule has 0 fully saturated rings. The number of hydrogen-bond donors (Lipinski definition) is 1. The molecular weight excluding hydrogens is 490 g/mol. The number of nitrogens with one attached hydrogen (secondary N) is 1. The highest BCUT2D eigenvalue weighted by Gasteiger charge is 2.15. The van der Waals surface area contributed by atoms with Gasteiger partial charge in [0.15, 0.2) is 5.65 Å². The van der Waals surface area contributed by atoms with E-state index in [1.54, 1.807) is 13.4 Å². The average molecular weight is 515 g/mol. The van der Waals surface area contributed by atoms with E-state index in [1.807, 2.05) is 26.2 Å². The van der Waals surface area contributed by atoms with Crippen LogP contribution in [-0.2, 0) is 4.74 Å². The molecule has 0 atom stereocenters. The Balaban J connectivity index is 0.00000289. The molecule has 0 saturated heterocycles. The van der Waals surface area contributed by atoms with Crippen LogP contribution in [0.15, 0.2) is 65.4 Å². The predicted molar refractivity (Wildman–Crippen MR) is 138 cm³/mol. The molecule has 0 aliphatic heterocycles. The Morgan fingerprint density at radius 2 is 1.78 bits per heavy atom. The van der Waals surface area contributed by atoms with Crippen LogP contribution in [0, 0.1) is 0 Å². The highest BCUT2D eigenvalue weighted by molar-refractivity contribution is 9.10. The fraction of sp³-hybridized carbons (Fsp3) is 0.208. The second-order valence-corrected chi connectivity index (χ2v) is 8.26. The van der Waals surface area contributed by atoms with Crippen molar-refractivity contribution >= 4 is 50.9 Å². The van der Waals surface area contributed by atoms with Crippen molar-refractivity contribution in [2.45, 2.75) is 0 Å². The number of hydrogen-bond acceptors (Lipinski definition) is 6. The van der Waals surface area contributed by atoms with Gasteiger partial charge in [-0.3, -0.25) is 0 Å². The Hall–Kier alpha value is -2.74. The third kappa shape index (κ3) is 5.18. The molecule has 2 aromatic heterocycles. The predicted octanol–water partition coefficient (Wildman–Crippen LogP) is 5.67. The van der Waals surface area contributed by atoms with Crippen LogP contribution in [0.25, 0.3) is 33.4 Å². The second kappa shape index (κ2) is 10.7. The molecule has 0 unspecified atom stereocenters. The van der Waals surface area contributed by atoms with E-state index in [1.165, 1.54) is 0 Å². The number of ether oxygens (including phenoxy) is 1. The molecule has 0 amide bonds. The van der Waals surface area contributed by atoms with Gasteiger partial charge in [0.25, 0.3) is 0 Å². The molecule has 166 valence electrons. The van der Waals surface area contributed by atoms with Crippen LogP contribution in [0.5, 0.6) is 0 Å². The molecule has 4 aromatic rings. The van der Waals surface area contributed by atoms with Gasteiger partial charge >= 0.3 is 0 Å². The van der Waals surface area contributed by atoms with Gasteiger partial charge in [-0.05, 0) is 41.5 Å². The van der Waals surface area contributed by atoms with E-state index in [0.29, 0.717) is 18.8 Å². The average Bonchev–Trinajstić information content (AvgIpc) is 2.78. The molecule has 8 heteroatoms. The Bertz CT molecular complexity index is 1200. The Kier molecular flexibility index (Phi) is 8.01. The van der Waals surface area contributed by atoms with Crippen molar-refractivity contribution in [2.24, 2.45) is 0 Å². The zero-order valence-electron chi connectivity index (χ0n) is 18.2. The number of anilines is 2. The lowest BCUT2D eigenvalue weighted by atomic mass is 9.99. The molecule has 6 nitrogen and oxygen atoms in total. The monoisotopic (exact) mass is 513 g/mol. The lowest BCUT2D eigenvalue weighted by Gasteiger charge is -2.15. The third-order valence-corrected chi connectivity index (χ3v) is 5.51. The molecule has 0 bridgehead atoms. The summed E-state index contributed by atoms with van der Waals surface area (Å²) in [4.78, 5) is 15.9. The standard InChI is InChI=1S/C24H24BrN5O.ClH/c1-30(2)19-9-7-16(8-10-19)21-14-20(17-5-4-6-18(25)13-17)22-23(26-11-12-31-3)27-15-28-24(22)29-21;/h4-10,13-15H,11-12H2,1-3H3,(H,26,27,28,29);1H. The number of fused-ring (bicyclic) bond motifs is 1. The van der Waals surface area contributed by atoms with Crippen LogP contribution in [0.4, 0.5) is 11.5 Å². The first-order chi connectivity index (χ1) is 15.1. The first-order valence-corrected chi connectivity index (χ1v) is 10.8. The normalized spacial score (nSPS) is 10.6. The highest BCUT2D eigenvalue weighted by Crippen LogP contribution is 2.35. The van der Waals surface area contributed by atoms with E-state index < -0.39 is 0 Å². The van der Waals surface area contributed by atoms with Crippen molar-refractivity contribution in [3.8, 4) is 22.4 Å². The van der Waals surface area contributed by atoms with Crippen molar-refractivity contribution in [2.75, 3.05) is 44.6 Å². The van der Waals surface area contributed by atoms with Gasteiger partial charge in [0.1, 0.15) is 12.1 Å². The number of pyridine rings is 1. The van der Waals surface area contributed by atoms with Gasteiger partial charge in [-0.2, -0.15) is 0 Å². The molecule has 0 spiro atoms. The van der Waals surface area contributed by atoms with Gasteiger partial charge < -0.3 is 15.0 Å².